The fourth-order valence-electron chi connectivity index (χ4n) is 3.95. The van der Waals surface area contributed by atoms with Crippen LogP contribution in [-0.2, 0) is 0 Å². The van der Waals surface area contributed by atoms with E-state index in [1.54, 1.807) is 0 Å². The van der Waals surface area contributed by atoms with Crippen molar-refractivity contribution in [3.63, 3.8) is 0 Å². The number of nitrogens with one attached hydrogen (secondary N) is 2. The highest BCUT2D eigenvalue weighted by atomic mass is 16.1. The summed E-state index contributed by atoms with van der Waals surface area (Å²) in [5.41, 5.74) is 4.86. The third-order valence-electron chi connectivity index (χ3n) is 5.51. The van der Waals surface area contributed by atoms with E-state index in [1.165, 1.54) is 30.4 Å². The summed E-state index contributed by atoms with van der Waals surface area (Å²) >= 11 is 0. The van der Waals surface area contributed by atoms with E-state index in [0.717, 1.165) is 24.2 Å². The largest absolute Gasteiger partial charge is 0.352 e. The predicted octanol–water partition coefficient (Wildman–Crippen LogP) is 3.83. The number of aliphatic imine (C=N–C) groups is 1. The van der Waals surface area contributed by atoms with Gasteiger partial charge in [-0.25, -0.2) is 0 Å². The van der Waals surface area contributed by atoms with Gasteiger partial charge in [0.05, 0.1) is 12.3 Å². The molecule has 0 spiro atoms. The standard InChI is InChI=1S/C24H27N3O/c28-24(26-15-13-20-10-6-7-14-25-20)22-12-5-4-11-21(22)23-16-19(17-27-23)18-8-2-1-3-9-18/h1-5,8-9,11-12,16,20,25H,6-7,10,13-15,17H2,(H,26,28). The van der Waals surface area contributed by atoms with E-state index in [0.29, 0.717) is 24.7 Å². The quantitative estimate of drug-likeness (QED) is 0.808. The van der Waals surface area contributed by atoms with Gasteiger partial charge in [0.15, 0.2) is 0 Å². The number of hydrogen-bond acceptors (Lipinski definition) is 3. The Bertz CT molecular complexity index is 880. The SMILES string of the molecule is O=C(NCCC1CCCCN1)c1ccccc1C1=NCC(c2ccccc2)=C1. The average Bonchev–Trinajstić information content (AvgIpc) is 3.25. The molecule has 0 aromatic heterocycles. The van der Waals surface area contributed by atoms with Crippen molar-refractivity contribution in [3.8, 4) is 0 Å². The number of piperidine rings is 1. The number of nitrogens with zero attached hydrogens (tertiary/aromatic N) is 1. The Labute approximate surface area is 166 Å². The lowest BCUT2D eigenvalue weighted by Gasteiger charge is -2.23. The molecule has 1 unspecified atom stereocenters. The van der Waals surface area contributed by atoms with Crippen LogP contribution in [0.3, 0.4) is 0 Å². The molecule has 1 fully saturated rings. The molecule has 4 rings (SSSR count). The first-order valence-electron chi connectivity index (χ1n) is 10.2. The van der Waals surface area contributed by atoms with Gasteiger partial charge < -0.3 is 10.6 Å². The number of allylic oxidation sites excluding steroid dienone is 1. The molecule has 1 atom stereocenters. The monoisotopic (exact) mass is 373 g/mol. The number of hydrogen-bond donors (Lipinski definition) is 2. The van der Waals surface area contributed by atoms with Crippen molar-refractivity contribution in [3.05, 3.63) is 77.4 Å². The summed E-state index contributed by atoms with van der Waals surface area (Å²) in [5, 5.41) is 6.63. The molecule has 0 radical (unpaired) electrons. The summed E-state index contributed by atoms with van der Waals surface area (Å²) in [4.78, 5) is 17.5. The Morgan fingerprint density at radius 2 is 1.89 bits per heavy atom. The molecule has 4 nitrogen and oxygen atoms in total. The van der Waals surface area contributed by atoms with Crippen LogP contribution in [0.4, 0.5) is 0 Å². The van der Waals surface area contributed by atoms with E-state index >= 15 is 0 Å². The summed E-state index contributed by atoms with van der Waals surface area (Å²) in [7, 11) is 0. The minimum Gasteiger partial charge on any atom is -0.352 e. The summed E-state index contributed by atoms with van der Waals surface area (Å²) in [6.45, 7) is 2.45. The van der Waals surface area contributed by atoms with Crippen molar-refractivity contribution in [1.82, 2.24) is 10.6 Å². The van der Waals surface area contributed by atoms with Crippen LogP contribution in [0.2, 0.25) is 0 Å². The highest BCUT2D eigenvalue weighted by molar-refractivity contribution is 6.19. The Kier molecular flexibility index (Phi) is 5.98. The number of amides is 1. The lowest BCUT2D eigenvalue weighted by atomic mass is 9.99. The number of carbonyl (C=O) groups excluding carboxylic acids is 1. The van der Waals surface area contributed by atoms with E-state index in [1.807, 2.05) is 42.5 Å². The molecule has 2 aliphatic heterocycles. The molecule has 0 bridgehead atoms. The molecular weight excluding hydrogens is 346 g/mol. The molecule has 4 heteroatoms. The van der Waals surface area contributed by atoms with Crippen LogP contribution in [-0.4, -0.2) is 37.3 Å². The van der Waals surface area contributed by atoms with Gasteiger partial charge in [0.25, 0.3) is 5.91 Å². The summed E-state index contributed by atoms with van der Waals surface area (Å²) in [6, 6.07) is 18.6. The van der Waals surface area contributed by atoms with E-state index in [2.05, 4.69) is 28.8 Å². The van der Waals surface area contributed by atoms with Crippen LogP contribution in [0.25, 0.3) is 5.57 Å². The van der Waals surface area contributed by atoms with Gasteiger partial charge in [0, 0.05) is 23.7 Å². The van der Waals surface area contributed by atoms with Gasteiger partial charge in [-0.15, -0.1) is 0 Å². The summed E-state index contributed by atoms with van der Waals surface area (Å²) < 4.78 is 0. The Hall–Kier alpha value is -2.72. The van der Waals surface area contributed by atoms with Crippen molar-refractivity contribution >= 4 is 17.2 Å². The van der Waals surface area contributed by atoms with Crippen LogP contribution in [0.15, 0.2) is 65.7 Å². The third kappa shape index (κ3) is 4.39. The van der Waals surface area contributed by atoms with Gasteiger partial charge in [-0.1, -0.05) is 55.0 Å². The lowest BCUT2D eigenvalue weighted by molar-refractivity contribution is 0.0951. The van der Waals surface area contributed by atoms with Crippen molar-refractivity contribution in [1.29, 1.82) is 0 Å². The lowest BCUT2D eigenvalue weighted by Crippen LogP contribution is -2.37. The maximum atomic E-state index is 12.8. The van der Waals surface area contributed by atoms with Crippen LogP contribution in [0.5, 0.6) is 0 Å². The van der Waals surface area contributed by atoms with E-state index in [4.69, 9.17) is 4.99 Å². The van der Waals surface area contributed by atoms with Gasteiger partial charge in [0.2, 0.25) is 0 Å². The molecule has 2 N–H and O–H groups in total. The second-order valence-corrected chi connectivity index (χ2v) is 7.47. The molecule has 0 saturated carbocycles. The van der Waals surface area contributed by atoms with Gasteiger partial charge >= 0.3 is 0 Å². The molecule has 2 aromatic rings. The van der Waals surface area contributed by atoms with Gasteiger partial charge in [0.1, 0.15) is 0 Å². The first-order chi connectivity index (χ1) is 13.8. The zero-order chi connectivity index (χ0) is 19.2. The normalized spacial score (nSPS) is 19.1. The number of carbonyl (C=O) groups is 1. The van der Waals surface area contributed by atoms with Gasteiger partial charge in [-0.3, -0.25) is 9.79 Å². The zero-order valence-corrected chi connectivity index (χ0v) is 16.2. The fourth-order valence-corrected chi connectivity index (χ4v) is 3.95. The van der Waals surface area contributed by atoms with Crippen molar-refractivity contribution in [2.45, 2.75) is 31.7 Å². The minimum atomic E-state index is -0.0179. The maximum absolute atomic E-state index is 12.8. The van der Waals surface area contributed by atoms with Crippen LogP contribution < -0.4 is 10.6 Å². The first kappa shape index (κ1) is 18.6. The Morgan fingerprint density at radius 3 is 2.71 bits per heavy atom. The van der Waals surface area contributed by atoms with Gasteiger partial charge in [-0.05, 0) is 49.1 Å². The van der Waals surface area contributed by atoms with Crippen molar-refractivity contribution in [2.75, 3.05) is 19.6 Å². The minimum absolute atomic E-state index is 0.0179. The Morgan fingerprint density at radius 1 is 1.07 bits per heavy atom. The number of benzene rings is 2. The predicted molar refractivity (Wildman–Crippen MR) is 115 cm³/mol. The molecule has 0 aliphatic carbocycles. The molecular formula is C24H27N3O. The smallest absolute Gasteiger partial charge is 0.251 e. The van der Waals surface area contributed by atoms with E-state index in [9.17, 15) is 4.79 Å². The number of rotatable bonds is 6. The topological polar surface area (TPSA) is 53.5 Å². The highest BCUT2D eigenvalue weighted by Crippen LogP contribution is 2.23. The molecule has 1 saturated heterocycles. The fraction of sp³-hybridized carbons (Fsp3) is 0.333. The zero-order valence-electron chi connectivity index (χ0n) is 16.2. The molecule has 1 amide bonds. The van der Waals surface area contributed by atoms with Crippen molar-refractivity contribution in [2.24, 2.45) is 4.99 Å². The van der Waals surface area contributed by atoms with Crippen LogP contribution in [0, 0.1) is 0 Å². The molecule has 2 aromatic carbocycles. The van der Waals surface area contributed by atoms with E-state index in [-0.39, 0.29) is 5.91 Å². The summed E-state index contributed by atoms with van der Waals surface area (Å²) in [6.07, 6.45) is 6.83. The second kappa shape index (κ2) is 8.98. The Balaban J connectivity index is 1.43. The average molecular weight is 374 g/mol. The molecule has 2 heterocycles. The molecule has 144 valence electrons. The second-order valence-electron chi connectivity index (χ2n) is 7.47. The van der Waals surface area contributed by atoms with Gasteiger partial charge in [-0.2, -0.15) is 0 Å². The molecule has 2 aliphatic rings. The van der Waals surface area contributed by atoms with Crippen LogP contribution >= 0.6 is 0 Å². The molecule has 28 heavy (non-hydrogen) atoms. The maximum Gasteiger partial charge on any atom is 0.251 e. The van der Waals surface area contributed by atoms with Crippen LogP contribution in [0.1, 0.15) is 47.2 Å². The van der Waals surface area contributed by atoms with Crippen molar-refractivity contribution < 1.29 is 4.79 Å². The third-order valence-corrected chi connectivity index (χ3v) is 5.51. The first-order valence-corrected chi connectivity index (χ1v) is 10.2. The summed E-state index contributed by atoms with van der Waals surface area (Å²) in [5.74, 6) is -0.0179. The highest BCUT2D eigenvalue weighted by Gasteiger charge is 2.18. The van der Waals surface area contributed by atoms with E-state index < -0.39 is 0 Å².